The maximum atomic E-state index is 6.13. The van der Waals surface area contributed by atoms with Crippen LogP contribution in [0.15, 0.2) is 59.1 Å². The molecule has 0 saturated carbocycles. The molecule has 1 heterocycles. The normalized spacial score (nSPS) is 26.5. The van der Waals surface area contributed by atoms with E-state index in [1.54, 1.807) is 0 Å². The molecular weight excluding hydrogens is 300 g/mol. The lowest BCUT2D eigenvalue weighted by atomic mass is 9.86. The molecule has 98 valence electrons. The monoisotopic (exact) mass is 316 g/mol. The molecule has 2 heteroatoms. The summed E-state index contributed by atoms with van der Waals surface area (Å²) in [4.78, 5) is 0. The van der Waals surface area contributed by atoms with Gasteiger partial charge >= 0.3 is 0 Å². The molecule has 2 atom stereocenters. The minimum Gasteiger partial charge on any atom is -0.370 e. The Morgan fingerprint density at radius 3 is 2.47 bits per heavy atom. The summed E-state index contributed by atoms with van der Waals surface area (Å²) in [6, 6.07) is 19.0. The summed E-state index contributed by atoms with van der Waals surface area (Å²) in [5, 5.41) is 0. The van der Waals surface area contributed by atoms with E-state index in [0.29, 0.717) is 5.92 Å². The summed E-state index contributed by atoms with van der Waals surface area (Å²) in [6.45, 7) is 2.98. The highest BCUT2D eigenvalue weighted by molar-refractivity contribution is 9.10. The smallest absolute Gasteiger partial charge is 0.0910 e. The van der Waals surface area contributed by atoms with Crippen LogP contribution in [0.4, 0.5) is 0 Å². The van der Waals surface area contributed by atoms with E-state index >= 15 is 0 Å². The summed E-state index contributed by atoms with van der Waals surface area (Å²) in [5.41, 5.74) is 2.45. The molecule has 2 aromatic carbocycles. The van der Waals surface area contributed by atoms with Crippen molar-refractivity contribution >= 4 is 15.9 Å². The van der Waals surface area contributed by atoms with Crippen molar-refractivity contribution in [3.05, 3.63) is 70.2 Å². The molecule has 0 spiro atoms. The predicted octanol–water partition coefficient (Wildman–Crippen LogP) is 4.87. The van der Waals surface area contributed by atoms with E-state index in [1.807, 2.05) is 6.07 Å². The average molecular weight is 317 g/mol. The van der Waals surface area contributed by atoms with Crippen LogP contribution in [0.3, 0.4) is 0 Å². The zero-order chi connectivity index (χ0) is 13.3. The Morgan fingerprint density at radius 2 is 1.74 bits per heavy atom. The van der Waals surface area contributed by atoms with Gasteiger partial charge in [-0.05, 0) is 30.5 Å². The molecule has 0 amide bonds. The van der Waals surface area contributed by atoms with Crippen molar-refractivity contribution in [2.75, 3.05) is 6.61 Å². The van der Waals surface area contributed by atoms with E-state index in [0.717, 1.165) is 13.0 Å². The molecule has 0 aliphatic carbocycles. The summed E-state index contributed by atoms with van der Waals surface area (Å²) < 4.78 is 7.31. The molecule has 0 N–H and O–H groups in total. The molecule has 19 heavy (non-hydrogen) atoms. The Balaban J connectivity index is 1.86. The second-order valence-corrected chi connectivity index (χ2v) is 6.18. The quantitative estimate of drug-likeness (QED) is 0.768. The van der Waals surface area contributed by atoms with Crippen molar-refractivity contribution in [2.24, 2.45) is 0 Å². The highest BCUT2D eigenvalue weighted by Gasteiger charge is 2.38. The van der Waals surface area contributed by atoms with Crippen LogP contribution >= 0.6 is 15.9 Å². The van der Waals surface area contributed by atoms with Gasteiger partial charge in [-0.3, -0.25) is 0 Å². The summed E-state index contributed by atoms with van der Waals surface area (Å²) >= 11 is 3.64. The lowest BCUT2D eigenvalue weighted by Gasteiger charge is -2.24. The van der Waals surface area contributed by atoms with Crippen LogP contribution in [-0.2, 0) is 10.3 Å². The Hall–Kier alpha value is -1.12. The van der Waals surface area contributed by atoms with Crippen LogP contribution in [0, 0.1) is 0 Å². The van der Waals surface area contributed by atoms with Gasteiger partial charge in [0, 0.05) is 10.4 Å². The third-order valence-corrected chi connectivity index (χ3v) is 4.69. The lowest BCUT2D eigenvalue weighted by Crippen LogP contribution is -2.19. The molecule has 3 rings (SSSR count). The second-order valence-electron chi connectivity index (χ2n) is 5.33. The van der Waals surface area contributed by atoms with E-state index in [2.05, 4.69) is 71.4 Å². The van der Waals surface area contributed by atoms with Gasteiger partial charge in [0.2, 0.25) is 0 Å². The zero-order valence-corrected chi connectivity index (χ0v) is 12.6. The third kappa shape index (κ3) is 2.47. The number of ether oxygens (including phenoxy) is 1. The first-order valence-electron chi connectivity index (χ1n) is 6.63. The topological polar surface area (TPSA) is 9.23 Å². The fourth-order valence-corrected chi connectivity index (χ4v) is 3.48. The number of rotatable bonds is 2. The Morgan fingerprint density at radius 1 is 1.05 bits per heavy atom. The van der Waals surface area contributed by atoms with Gasteiger partial charge in [0.1, 0.15) is 0 Å². The van der Waals surface area contributed by atoms with E-state index in [9.17, 15) is 0 Å². The fraction of sp³-hybridized carbons (Fsp3) is 0.294. The molecule has 0 aromatic heterocycles. The number of hydrogen-bond acceptors (Lipinski definition) is 1. The van der Waals surface area contributed by atoms with E-state index in [-0.39, 0.29) is 5.60 Å². The minimum atomic E-state index is -0.165. The van der Waals surface area contributed by atoms with Gasteiger partial charge in [0.15, 0.2) is 0 Å². The van der Waals surface area contributed by atoms with Gasteiger partial charge < -0.3 is 4.74 Å². The van der Waals surface area contributed by atoms with Crippen molar-refractivity contribution < 1.29 is 4.74 Å². The molecule has 1 nitrogen and oxygen atoms in total. The summed E-state index contributed by atoms with van der Waals surface area (Å²) in [5.74, 6) is 0.459. The van der Waals surface area contributed by atoms with Gasteiger partial charge in [-0.1, -0.05) is 64.5 Å². The maximum Gasteiger partial charge on any atom is 0.0910 e. The third-order valence-electron chi connectivity index (χ3n) is 3.97. The Labute approximate surface area is 122 Å². The lowest BCUT2D eigenvalue weighted by molar-refractivity contribution is 0.0164. The largest absolute Gasteiger partial charge is 0.370 e. The van der Waals surface area contributed by atoms with Crippen LogP contribution in [0.5, 0.6) is 0 Å². The molecule has 1 aliphatic rings. The molecule has 1 aliphatic heterocycles. The predicted molar refractivity (Wildman–Crippen MR) is 81.2 cm³/mol. The minimum absolute atomic E-state index is 0.165. The fourth-order valence-electron chi connectivity index (χ4n) is 2.87. The number of benzene rings is 2. The van der Waals surface area contributed by atoms with E-state index in [4.69, 9.17) is 4.74 Å². The van der Waals surface area contributed by atoms with E-state index in [1.165, 1.54) is 15.6 Å². The molecule has 1 saturated heterocycles. The van der Waals surface area contributed by atoms with Crippen LogP contribution in [0.25, 0.3) is 0 Å². The van der Waals surface area contributed by atoms with Crippen molar-refractivity contribution in [2.45, 2.75) is 24.9 Å². The van der Waals surface area contributed by atoms with Crippen LogP contribution in [-0.4, -0.2) is 6.61 Å². The SMILES string of the molecule is C[C@]1(c2ccccc2)C[C@@H](c2ccccc2Br)CO1. The van der Waals surface area contributed by atoms with Gasteiger partial charge in [0.05, 0.1) is 12.2 Å². The maximum absolute atomic E-state index is 6.13. The van der Waals surface area contributed by atoms with Crippen LogP contribution in [0.1, 0.15) is 30.4 Å². The average Bonchev–Trinajstić information content (AvgIpc) is 2.84. The first kappa shape index (κ1) is 12.9. The van der Waals surface area contributed by atoms with Crippen LogP contribution < -0.4 is 0 Å². The highest BCUT2D eigenvalue weighted by Crippen LogP contribution is 2.44. The van der Waals surface area contributed by atoms with Crippen molar-refractivity contribution in [3.63, 3.8) is 0 Å². The van der Waals surface area contributed by atoms with Crippen LogP contribution in [0.2, 0.25) is 0 Å². The van der Waals surface area contributed by atoms with Gasteiger partial charge in [-0.15, -0.1) is 0 Å². The van der Waals surface area contributed by atoms with Crippen molar-refractivity contribution in [1.82, 2.24) is 0 Å². The van der Waals surface area contributed by atoms with Gasteiger partial charge in [-0.25, -0.2) is 0 Å². The standard InChI is InChI=1S/C17H17BrO/c1-17(14-7-3-2-4-8-14)11-13(12-19-17)15-9-5-6-10-16(15)18/h2-10,13H,11-12H2,1H3/t13-,17-/m1/s1. The first-order valence-corrected chi connectivity index (χ1v) is 7.42. The molecule has 1 fully saturated rings. The van der Waals surface area contributed by atoms with Gasteiger partial charge in [0.25, 0.3) is 0 Å². The van der Waals surface area contributed by atoms with E-state index < -0.39 is 0 Å². The molecule has 0 radical (unpaired) electrons. The van der Waals surface area contributed by atoms with Crippen molar-refractivity contribution in [1.29, 1.82) is 0 Å². The Bertz CT molecular complexity index is 566. The molecular formula is C17H17BrO. The molecule has 0 bridgehead atoms. The van der Waals surface area contributed by atoms with Crippen molar-refractivity contribution in [3.8, 4) is 0 Å². The van der Waals surface area contributed by atoms with Gasteiger partial charge in [-0.2, -0.15) is 0 Å². The molecule has 0 unspecified atom stereocenters. The second kappa shape index (κ2) is 5.10. The molecule has 2 aromatic rings. The number of halogens is 1. The Kier molecular flexibility index (Phi) is 3.46. The number of hydrogen-bond donors (Lipinski definition) is 0. The highest BCUT2D eigenvalue weighted by atomic mass is 79.9. The first-order chi connectivity index (χ1) is 9.19. The summed E-state index contributed by atoms with van der Waals surface area (Å²) in [6.07, 6.45) is 1.03. The summed E-state index contributed by atoms with van der Waals surface area (Å²) in [7, 11) is 0. The zero-order valence-electron chi connectivity index (χ0n) is 11.0.